The maximum absolute atomic E-state index is 10.9. The highest BCUT2D eigenvalue weighted by Gasteiger charge is 2.34. The molecule has 2 nitrogen and oxygen atoms in total. The number of esters is 1. The Morgan fingerprint density at radius 2 is 1.45 bits per heavy atom. The molecule has 0 radical (unpaired) electrons. The molecule has 0 unspecified atom stereocenters. The molecule has 1 aliphatic carbocycles. The average molecular weight is 282 g/mol. The van der Waals surface area contributed by atoms with E-state index < -0.39 is 0 Å². The molecule has 2 atom stereocenters. The van der Waals surface area contributed by atoms with Gasteiger partial charge in [0, 0.05) is 6.42 Å². The van der Waals surface area contributed by atoms with Crippen molar-refractivity contribution in [1.29, 1.82) is 0 Å². The molecule has 0 N–H and O–H groups in total. The quantitative estimate of drug-likeness (QED) is 0.329. The predicted molar refractivity (Wildman–Crippen MR) is 84.7 cm³/mol. The monoisotopic (exact) mass is 282 g/mol. The lowest BCUT2D eigenvalue weighted by atomic mass is 10.0. The highest BCUT2D eigenvalue weighted by Crippen LogP contribution is 2.45. The average Bonchev–Trinajstić information content (AvgIpc) is 3.20. The first-order chi connectivity index (χ1) is 9.77. The van der Waals surface area contributed by atoms with Gasteiger partial charge in [-0.3, -0.25) is 4.79 Å². The van der Waals surface area contributed by atoms with Gasteiger partial charge in [0.15, 0.2) is 0 Å². The fraction of sp³-hybridized carbons (Fsp3) is 0.944. The Balaban J connectivity index is 1.78. The van der Waals surface area contributed by atoms with Crippen LogP contribution in [0.15, 0.2) is 0 Å². The Hall–Kier alpha value is -0.530. The summed E-state index contributed by atoms with van der Waals surface area (Å²) in [5, 5.41) is 0. The highest BCUT2D eigenvalue weighted by molar-refractivity contribution is 5.68. The van der Waals surface area contributed by atoms with E-state index in [0.717, 1.165) is 18.3 Å². The van der Waals surface area contributed by atoms with E-state index in [1.54, 1.807) is 0 Å². The fourth-order valence-electron chi connectivity index (χ4n) is 3.16. The first kappa shape index (κ1) is 17.5. The molecule has 20 heavy (non-hydrogen) atoms. The van der Waals surface area contributed by atoms with Crippen molar-refractivity contribution in [1.82, 2.24) is 0 Å². The second-order valence-electron chi connectivity index (χ2n) is 6.49. The zero-order valence-electron chi connectivity index (χ0n) is 13.7. The number of hydrogen-bond donors (Lipinski definition) is 0. The molecule has 0 aromatic rings. The predicted octanol–water partition coefficient (Wildman–Crippen LogP) is 5.50. The van der Waals surface area contributed by atoms with Gasteiger partial charge in [-0.05, 0) is 24.7 Å². The molecule has 2 heteroatoms. The first-order valence-electron chi connectivity index (χ1n) is 8.84. The van der Waals surface area contributed by atoms with Crippen molar-refractivity contribution in [2.45, 2.75) is 90.4 Å². The molecule has 0 spiro atoms. The minimum absolute atomic E-state index is 0.0612. The number of ether oxygens (including phenoxy) is 1. The van der Waals surface area contributed by atoms with Crippen LogP contribution in [-0.2, 0) is 9.53 Å². The van der Waals surface area contributed by atoms with E-state index in [2.05, 4.69) is 11.7 Å². The molecule has 0 bridgehead atoms. The SMILES string of the molecule is CCCCCC[C@@H]1C[C@@H]1CCCCCCCC(=O)OC. The summed E-state index contributed by atoms with van der Waals surface area (Å²) in [7, 11) is 1.47. The van der Waals surface area contributed by atoms with Gasteiger partial charge in [0.2, 0.25) is 0 Å². The number of hydrogen-bond acceptors (Lipinski definition) is 2. The van der Waals surface area contributed by atoms with Gasteiger partial charge in [0.05, 0.1) is 7.11 Å². The molecule has 0 saturated heterocycles. The van der Waals surface area contributed by atoms with Crippen LogP contribution in [0.1, 0.15) is 90.4 Å². The van der Waals surface area contributed by atoms with E-state index in [-0.39, 0.29) is 5.97 Å². The van der Waals surface area contributed by atoms with Crippen molar-refractivity contribution < 1.29 is 9.53 Å². The smallest absolute Gasteiger partial charge is 0.305 e. The lowest BCUT2D eigenvalue weighted by Crippen LogP contribution is -1.99. The first-order valence-corrected chi connectivity index (χ1v) is 8.84. The third-order valence-electron chi connectivity index (χ3n) is 4.68. The van der Waals surface area contributed by atoms with Gasteiger partial charge >= 0.3 is 5.97 Å². The zero-order valence-corrected chi connectivity index (χ0v) is 13.7. The lowest BCUT2D eigenvalue weighted by molar-refractivity contribution is -0.140. The lowest BCUT2D eigenvalue weighted by Gasteiger charge is -2.02. The van der Waals surface area contributed by atoms with Crippen LogP contribution in [0.5, 0.6) is 0 Å². The van der Waals surface area contributed by atoms with E-state index in [1.807, 2.05) is 0 Å². The normalized spacial score (nSPS) is 20.9. The zero-order chi connectivity index (χ0) is 14.6. The van der Waals surface area contributed by atoms with Crippen LogP contribution in [-0.4, -0.2) is 13.1 Å². The second kappa shape index (κ2) is 11.2. The van der Waals surface area contributed by atoms with Crippen LogP contribution >= 0.6 is 0 Å². The van der Waals surface area contributed by atoms with Gasteiger partial charge < -0.3 is 4.74 Å². The third kappa shape index (κ3) is 8.60. The third-order valence-corrected chi connectivity index (χ3v) is 4.68. The Morgan fingerprint density at radius 1 is 0.900 bits per heavy atom. The Bertz CT molecular complexity index is 250. The number of methoxy groups -OCH3 is 1. The number of unbranched alkanes of at least 4 members (excludes halogenated alkanes) is 7. The van der Waals surface area contributed by atoms with Crippen LogP contribution in [0.3, 0.4) is 0 Å². The molecule has 1 rings (SSSR count). The van der Waals surface area contributed by atoms with Gasteiger partial charge in [0.1, 0.15) is 0 Å². The Labute approximate surface area is 125 Å². The summed E-state index contributed by atoms with van der Waals surface area (Å²) in [6.45, 7) is 2.28. The van der Waals surface area contributed by atoms with Crippen LogP contribution in [0, 0.1) is 11.8 Å². The summed E-state index contributed by atoms with van der Waals surface area (Å²) in [6.07, 6.45) is 16.9. The molecular weight excluding hydrogens is 248 g/mol. The molecule has 1 fully saturated rings. The van der Waals surface area contributed by atoms with E-state index in [0.29, 0.717) is 6.42 Å². The Kier molecular flexibility index (Phi) is 9.78. The van der Waals surface area contributed by atoms with E-state index in [4.69, 9.17) is 0 Å². The van der Waals surface area contributed by atoms with Crippen LogP contribution in [0.2, 0.25) is 0 Å². The topological polar surface area (TPSA) is 26.3 Å². The molecule has 118 valence electrons. The molecule has 0 aromatic carbocycles. The maximum Gasteiger partial charge on any atom is 0.305 e. The van der Waals surface area contributed by atoms with E-state index in [1.165, 1.54) is 77.7 Å². The van der Waals surface area contributed by atoms with Crippen molar-refractivity contribution in [3.63, 3.8) is 0 Å². The van der Waals surface area contributed by atoms with Crippen LogP contribution in [0.4, 0.5) is 0 Å². The molecule has 0 amide bonds. The summed E-state index contributed by atoms with van der Waals surface area (Å²) in [4.78, 5) is 10.9. The van der Waals surface area contributed by atoms with Crippen molar-refractivity contribution >= 4 is 5.97 Å². The molecular formula is C18H34O2. The standard InChI is InChI=1S/C18H34O2/c1-3-4-5-9-12-16-15-17(16)13-10-7-6-8-11-14-18(19)20-2/h16-17H,3-15H2,1-2H3/t16-,17+/m1/s1. The largest absolute Gasteiger partial charge is 0.469 e. The maximum atomic E-state index is 10.9. The highest BCUT2D eigenvalue weighted by atomic mass is 16.5. The summed E-state index contributed by atoms with van der Waals surface area (Å²) < 4.78 is 4.64. The van der Waals surface area contributed by atoms with Gasteiger partial charge in [-0.25, -0.2) is 0 Å². The van der Waals surface area contributed by atoms with E-state index >= 15 is 0 Å². The number of carbonyl (C=O) groups excluding carboxylic acids is 1. The summed E-state index contributed by atoms with van der Waals surface area (Å²) in [6, 6.07) is 0. The van der Waals surface area contributed by atoms with Gasteiger partial charge in [-0.15, -0.1) is 0 Å². The fourth-order valence-corrected chi connectivity index (χ4v) is 3.16. The minimum Gasteiger partial charge on any atom is -0.469 e. The number of rotatable bonds is 13. The summed E-state index contributed by atoms with van der Waals surface area (Å²) in [5.74, 6) is 2.08. The van der Waals surface area contributed by atoms with Crippen molar-refractivity contribution in [3.8, 4) is 0 Å². The van der Waals surface area contributed by atoms with Crippen molar-refractivity contribution in [2.24, 2.45) is 11.8 Å². The van der Waals surface area contributed by atoms with Crippen molar-refractivity contribution in [2.75, 3.05) is 7.11 Å². The minimum atomic E-state index is -0.0612. The molecule has 0 aliphatic heterocycles. The van der Waals surface area contributed by atoms with Gasteiger partial charge in [-0.2, -0.15) is 0 Å². The molecule has 0 heterocycles. The second-order valence-corrected chi connectivity index (χ2v) is 6.49. The number of carbonyl (C=O) groups is 1. The molecule has 1 aliphatic rings. The van der Waals surface area contributed by atoms with Gasteiger partial charge in [0.25, 0.3) is 0 Å². The summed E-state index contributed by atoms with van der Waals surface area (Å²) in [5.41, 5.74) is 0. The van der Waals surface area contributed by atoms with E-state index in [9.17, 15) is 4.79 Å². The van der Waals surface area contributed by atoms with Crippen molar-refractivity contribution in [3.05, 3.63) is 0 Å². The molecule has 0 aromatic heterocycles. The van der Waals surface area contributed by atoms with Crippen LogP contribution in [0.25, 0.3) is 0 Å². The van der Waals surface area contributed by atoms with Gasteiger partial charge in [-0.1, -0.05) is 71.1 Å². The Morgan fingerprint density at radius 3 is 2.05 bits per heavy atom. The van der Waals surface area contributed by atoms with Crippen LogP contribution < -0.4 is 0 Å². The molecule has 1 saturated carbocycles. The summed E-state index contributed by atoms with van der Waals surface area (Å²) >= 11 is 0.